The molecule has 0 atom stereocenters. The van der Waals surface area contributed by atoms with Gasteiger partial charge in [-0.25, -0.2) is 9.37 Å². The van der Waals surface area contributed by atoms with Crippen molar-refractivity contribution >= 4 is 28.3 Å². The van der Waals surface area contributed by atoms with E-state index in [1.807, 2.05) is 0 Å². The van der Waals surface area contributed by atoms with Crippen molar-refractivity contribution in [3.8, 4) is 5.88 Å². The number of nitrogens with zero attached hydrogens (tertiary/aromatic N) is 4. The number of benzene rings is 1. The molecule has 0 radical (unpaired) electrons. The van der Waals surface area contributed by atoms with Crippen LogP contribution in [-0.4, -0.2) is 26.0 Å². The third-order valence-corrected chi connectivity index (χ3v) is 4.94. The second kappa shape index (κ2) is 6.35. The largest absolute Gasteiger partial charge is 0.481 e. The van der Waals surface area contributed by atoms with Crippen molar-refractivity contribution in [2.45, 2.75) is 20.4 Å². The molecule has 0 aliphatic heterocycles. The zero-order valence-corrected chi connectivity index (χ0v) is 15.7. The first-order valence-electron chi connectivity index (χ1n) is 8.28. The molecule has 6 nitrogen and oxygen atoms in total. The number of pyridine rings is 1. The monoisotopic (exact) mass is 386 g/mol. The van der Waals surface area contributed by atoms with Crippen molar-refractivity contribution in [3.05, 3.63) is 68.6 Å². The van der Waals surface area contributed by atoms with Gasteiger partial charge in [0.25, 0.3) is 5.56 Å². The van der Waals surface area contributed by atoms with E-state index in [2.05, 4.69) is 9.97 Å². The summed E-state index contributed by atoms with van der Waals surface area (Å²) in [6.45, 7) is 3.54. The summed E-state index contributed by atoms with van der Waals surface area (Å²) in [5.74, 6) is 0.579. The Hall–Kier alpha value is -2.93. The van der Waals surface area contributed by atoms with Gasteiger partial charge >= 0.3 is 0 Å². The van der Waals surface area contributed by atoms with E-state index in [1.165, 1.54) is 23.8 Å². The average Bonchev–Trinajstić information content (AvgIpc) is 2.95. The predicted octanol–water partition coefficient (Wildman–Crippen LogP) is 3.51. The van der Waals surface area contributed by atoms with Gasteiger partial charge in [-0.3, -0.25) is 13.8 Å². The summed E-state index contributed by atoms with van der Waals surface area (Å²) in [5.41, 5.74) is 1.98. The lowest BCUT2D eigenvalue weighted by Gasteiger charge is -2.14. The highest BCUT2D eigenvalue weighted by molar-refractivity contribution is 6.31. The van der Waals surface area contributed by atoms with E-state index in [1.54, 1.807) is 36.4 Å². The van der Waals surface area contributed by atoms with Crippen LogP contribution in [0.5, 0.6) is 5.88 Å². The molecule has 0 unspecified atom stereocenters. The first-order valence-corrected chi connectivity index (χ1v) is 8.66. The van der Waals surface area contributed by atoms with Gasteiger partial charge in [-0.1, -0.05) is 17.7 Å². The van der Waals surface area contributed by atoms with E-state index in [0.717, 1.165) is 0 Å². The van der Waals surface area contributed by atoms with Crippen molar-refractivity contribution in [1.82, 2.24) is 18.9 Å². The maximum Gasteiger partial charge on any atom is 0.277 e. The van der Waals surface area contributed by atoms with Crippen LogP contribution >= 0.6 is 11.6 Å². The fourth-order valence-electron chi connectivity index (χ4n) is 3.33. The highest BCUT2D eigenvalue weighted by Crippen LogP contribution is 2.24. The molecule has 0 N–H and O–H groups in total. The Bertz CT molecular complexity index is 1240. The quantitative estimate of drug-likeness (QED) is 0.540. The van der Waals surface area contributed by atoms with Crippen LogP contribution in [-0.2, 0) is 6.54 Å². The molecule has 3 aromatic heterocycles. The van der Waals surface area contributed by atoms with E-state index in [4.69, 9.17) is 16.3 Å². The second-order valence-corrected chi connectivity index (χ2v) is 6.62. The molecule has 1 aromatic carbocycles. The Kier molecular flexibility index (Phi) is 4.11. The average molecular weight is 387 g/mol. The third kappa shape index (κ3) is 2.66. The van der Waals surface area contributed by atoms with E-state index in [0.29, 0.717) is 34.1 Å². The van der Waals surface area contributed by atoms with Crippen molar-refractivity contribution in [1.29, 1.82) is 0 Å². The Labute approximate surface area is 158 Å². The van der Waals surface area contributed by atoms with Crippen LogP contribution in [0.2, 0.25) is 5.02 Å². The molecule has 0 saturated carbocycles. The minimum absolute atomic E-state index is 0.0188. The normalized spacial score (nSPS) is 11.4. The molecular weight excluding hydrogens is 371 g/mol. The van der Waals surface area contributed by atoms with Gasteiger partial charge < -0.3 is 4.74 Å². The number of ether oxygens (including phenoxy) is 1. The predicted molar refractivity (Wildman–Crippen MR) is 101 cm³/mol. The summed E-state index contributed by atoms with van der Waals surface area (Å²) in [6, 6.07) is 7.84. The number of aromatic nitrogens is 4. The molecular formula is C19H16ClFN4O2. The molecule has 0 amide bonds. The number of fused-ring (bicyclic) bond motifs is 3. The van der Waals surface area contributed by atoms with Crippen molar-refractivity contribution in [3.63, 3.8) is 0 Å². The lowest BCUT2D eigenvalue weighted by atomic mass is 10.2. The first kappa shape index (κ1) is 17.5. The van der Waals surface area contributed by atoms with Crippen LogP contribution in [0.3, 0.4) is 0 Å². The first-order chi connectivity index (χ1) is 12.9. The maximum absolute atomic E-state index is 14.3. The molecule has 3 heterocycles. The summed E-state index contributed by atoms with van der Waals surface area (Å²) in [7, 11) is 1.52. The van der Waals surface area contributed by atoms with Gasteiger partial charge in [0.2, 0.25) is 5.88 Å². The van der Waals surface area contributed by atoms with Crippen molar-refractivity contribution in [2.75, 3.05) is 7.11 Å². The van der Waals surface area contributed by atoms with Gasteiger partial charge in [0, 0.05) is 16.7 Å². The lowest BCUT2D eigenvalue weighted by molar-refractivity contribution is 0.399. The van der Waals surface area contributed by atoms with Crippen LogP contribution in [0, 0.1) is 19.7 Å². The Morgan fingerprint density at radius 2 is 1.96 bits per heavy atom. The van der Waals surface area contributed by atoms with Gasteiger partial charge in [0.15, 0.2) is 5.65 Å². The fraction of sp³-hybridized carbons (Fsp3) is 0.211. The van der Waals surface area contributed by atoms with Gasteiger partial charge in [-0.2, -0.15) is 4.98 Å². The lowest BCUT2D eigenvalue weighted by Crippen LogP contribution is -2.25. The molecule has 4 aromatic rings. The van der Waals surface area contributed by atoms with Crippen molar-refractivity contribution in [2.24, 2.45) is 0 Å². The highest BCUT2D eigenvalue weighted by atomic mass is 35.5. The van der Waals surface area contributed by atoms with Crippen LogP contribution in [0.1, 0.15) is 17.1 Å². The third-order valence-electron chi connectivity index (χ3n) is 4.59. The van der Waals surface area contributed by atoms with Crippen LogP contribution in [0.25, 0.3) is 16.7 Å². The van der Waals surface area contributed by atoms with Crippen molar-refractivity contribution < 1.29 is 9.13 Å². The van der Waals surface area contributed by atoms with Gasteiger partial charge in [-0.05, 0) is 32.0 Å². The number of hydrogen-bond acceptors (Lipinski definition) is 4. The molecule has 138 valence electrons. The summed E-state index contributed by atoms with van der Waals surface area (Å²) in [5, 5.41) is 0.262. The van der Waals surface area contributed by atoms with Gasteiger partial charge in [0.05, 0.1) is 24.9 Å². The summed E-state index contributed by atoms with van der Waals surface area (Å²) in [6.07, 6.45) is 0. The molecule has 8 heteroatoms. The SMILES string of the molecule is COc1ccc2c(n1)n1c(C)nc(C)c1c(=O)n2Cc1c(F)cccc1Cl. The van der Waals surface area contributed by atoms with Crippen LogP contribution in [0.15, 0.2) is 35.1 Å². The molecule has 0 aliphatic rings. The smallest absolute Gasteiger partial charge is 0.277 e. The number of methoxy groups -OCH3 is 1. The number of imidazole rings is 1. The molecule has 0 saturated heterocycles. The molecule has 4 rings (SSSR count). The molecule has 27 heavy (non-hydrogen) atoms. The molecule has 0 spiro atoms. The van der Waals surface area contributed by atoms with E-state index < -0.39 is 5.82 Å². The summed E-state index contributed by atoms with van der Waals surface area (Å²) >= 11 is 6.18. The Balaban J connectivity index is 2.12. The maximum atomic E-state index is 14.3. The minimum atomic E-state index is -0.467. The molecule has 0 bridgehead atoms. The van der Waals surface area contributed by atoms with E-state index in [9.17, 15) is 9.18 Å². The minimum Gasteiger partial charge on any atom is -0.481 e. The zero-order chi connectivity index (χ0) is 19.3. The van der Waals surface area contributed by atoms with E-state index >= 15 is 0 Å². The van der Waals surface area contributed by atoms with Crippen LogP contribution < -0.4 is 10.3 Å². The number of halogens is 2. The number of hydrogen-bond donors (Lipinski definition) is 0. The molecule has 0 fully saturated rings. The topological polar surface area (TPSA) is 61.4 Å². The standard InChI is InChI=1S/C19H16ClFN4O2/c1-10-17-19(26)24(9-12-13(20)5-4-6-14(12)21)15-7-8-16(27-3)23-18(15)25(17)11(2)22-10/h4-8H,9H2,1-3H3. The van der Waals surface area contributed by atoms with Crippen LogP contribution in [0.4, 0.5) is 4.39 Å². The number of rotatable bonds is 3. The second-order valence-electron chi connectivity index (χ2n) is 6.22. The van der Waals surface area contributed by atoms with Gasteiger partial charge in [-0.15, -0.1) is 0 Å². The highest BCUT2D eigenvalue weighted by Gasteiger charge is 2.19. The zero-order valence-electron chi connectivity index (χ0n) is 15.0. The summed E-state index contributed by atoms with van der Waals surface area (Å²) in [4.78, 5) is 22.1. The Morgan fingerprint density at radius 3 is 2.67 bits per heavy atom. The number of aryl methyl sites for hydroxylation is 2. The fourth-order valence-corrected chi connectivity index (χ4v) is 3.55. The van der Waals surface area contributed by atoms with Gasteiger partial charge in [0.1, 0.15) is 17.2 Å². The Morgan fingerprint density at radius 1 is 1.19 bits per heavy atom. The molecule has 0 aliphatic carbocycles. The summed E-state index contributed by atoms with van der Waals surface area (Å²) < 4.78 is 22.7. The van der Waals surface area contributed by atoms with E-state index in [-0.39, 0.29) is 22.7 Å².